The van der Waals surface area contributed by atoms with Crippen molar-refractivity contribution >= 4 is 17.9 Å². The van der Waals surface area contributed by atoms with Crippen molar-refractivity contribution in [3.63, 3.8) is 0 Å². The Bertz CT molecular complexity index is 1430. The number of aromatic nitrogens is 3. The number of aryl methyl sites for hydroxylation is 1. The van der Waals surface area contributed by atoms with E-state index in [1.165, 1.54) is 6.33 Å². The van der Waals surface area contributed by atoms with Crippen LogP contribution in [-0.2, 0) is 25.5 Å². The van der Waals surface area contributed by atoms with E-state index in [0.29, 0.717) is 6.54 Å². The average Bonchev–Trinajstić information content (AvgIpc) is 3.59. The summed E-state index contributed by atoms with van der Waals surface area (Å²) in [5, 5.41) is 4.39. The fraction of sp³-hybridized carbons (Fsp3) is 0.207. The predicted molar refractivity (Wildman–Crippen MR) is 136 cm³/mol. The highest BCUT2D eigenvalue weighted by atomic mass is 16.7. The largest absolute Gasteiger partial charge is 0.451 e. The second-order valence-corrected chi connectivity index (χ2v) is 8.63. The Labute approximate surface area is 224 Å². The molecule has 10 heteroatoms. The Morgan fingerprint density at radius 1 is 0.718 bits per heavy atom. The van der Waals surface area contributed by atoms with Crippen LogP contribution in [0.25, 0.3) is 0 Å². The molecule has 198 valence electrons. The van der Waals surface area contributed by atoms with E-state index >= 15 is 0 Å². The van der Waals surface area contributed by atoms with Crippen LogP contribution >= 0.6 is 0 Å². The maximum Gasteiger partial charge on any atom is 0.340 e. The van der Waals surface area contributed by atoms with Gasteiger partial charge in [-0.1, -0.05) is 54.6 Å². The molecule has 1 saturated heterocycles. The van der Waals surface area contributed by atoms with Crippen molar-refractivity contribution in [1.82, 2.24) is 14.8 Å². The molecule has 0 aliphatic carbocycles. The van der Waals surface area contributed by atoms with Gasteiger partial charge in [-0.2, -0.15) is 5.10 Å². The summed E-state index contributed by atoms with van der Waals surface area (Å²) in [5.74, 6) is -1.91. The van der Waals surface area contributed by atoms with E-state index in [9.17, 15) is 14.4 Å². The molecule has 0 saturated carbocycles. The lowest BCUT2D eigenvalue weighted by Gasteiger charge is -2.23. The van der Waals surface area contributed by atoms with E-state index in [4.69, 9.17) is 18.9 Å². The van der Waals surface area contributed by atoms with Crippen molar-refractivity contribution in [1.29, 1.82) is 0 Å². The number of carbonyl (C=O) groups is 3. The smallest absolute Gasteiger partial charge is 0.340 e. The lowest BCUT2D eigenvalue weighted by Crippen LogP contribution is -2.40. The third-order valence-electron chi connectivity index (χ3n) is 6.04. The van der Waals surface area contributed by atoms with Crippen molar-refractivity contribution in [3.8, 4) is 0 Å². The molecule has 4 atom stereocenters. The quantitative estimate of drug-likeness (QED) is 0.247. The molecular formula is C29H25N3O7. The van der Waals surface area contributed by atoms with Gasteiger partial charge in [-0.15, -0.1) is 0 Å². The molecule has 0 unspecified atom stereocenters. The van der Waals surface area contributed by atoms with E-state index in [1.54, 1.807) is 95.7 Å². The first-order valence-corrected chi connectivity index (χ1v) is 12.4. The minimum atomic E-state index is -1.42. The van der Waals surface area contributed by atoms with Gasteiger partial charge in [0.2, 0.25) is 12.4 Å². The molecule has 5 rings (SSSR count). The molecule has 0 N–H and O–H groups in total. The van der Waals surface area contributed by atoms with Crippen LogP contribution in [0.4, 0.5) is 0 Å². The first kappa shape index (κ1) is 25.8. The molecular weight excluding hydrogens is 502 g/mol. The first-order valence-electron chi connectivity index (χ1n) is 12.4. The van der Waals surface area contributed by atoms with Gasteiger partial charge in [0.05, 0.1) is 16.7 Å². The van der Waals surface area contributed by atoms with Gasteiger partial charge in [-0.3, -0.25) is 4.68 Å². The highest BCUT2D eigenvalue weighted by molar-refractivity contribution is 5.91. The van der Waals surface area contributed by atoms with Gasteiger partial charge in [-0.25, -0.2) is 19.4 Å². The molecule has 0 spiro atoms. The SMILES string of the molecule is CCn1cnc([C@H]2O[C@@H](OC(=O)c3ccccc3)[C@@H](OC(=O)c3ccccc3)[C@@H]2OC(=O)c2ccccc2)n1. The first-order chi connectivity index (χ1) is 19.0. The second kappa shape index (κ2) is 11.7. The summed E-state index contributed by atoms with van der Waals surface area (Å²) in [7, 11) is 0. The van der Waals surface area contributed by atoms with E-state index in [-0.39, 0.29) is 22.5 Å². The van der Waals surface area contributed by atoms with Gasteiger partial charge >= 0.3 is 17.9 Å². The highest BCUT2D eigenvalue weighted by Gasteiger charge is 2.54. The van der Waals surface area contributed by atoms with E-state index in [0.717, 1.165) is 0 Å². The monoisotopic (exact) mass is 527 g/mol. The zero-order valence-corrected chi connectivity index (χ0v) is 21.0. The summed E-state index contributed by atoms with van der Waals surface area (Å²) in [6, 6.07) is 24.9. The Morgan fingerprint density at radius 3 is 1.64 bits per heavy atom. The van der Waals surface area contributed by atoms with Crippen LogP contribution in [0.3, 0.4) is 0 Å². The fourth-order valence-corrected chi connectivity index (χ4v) is 4.05. The number of carbonyl (C=O) groups excluding carboxylic acids is 3. The Kier molecular flexibility index (Phi) is 7.74. The van der Waals surface area contributed by atoms with Gasteiger partial charge in [0.25, 0.3) is 0 Å². The zero-order valence-electron chi connectivity index (χ0n) is 21.0. The molecule has 1 fully saturated rings. The summed E-state index contributed by atoms with van der Waals surface area (Å²) >= 11 is 0. The summed E-state index contributed by atoms with van der Waals surface area (Å²) in [4.78, 5) is 43.5. The Morgan fingerprint density at radius 2 is 1.18 bits per heavy atom. The van der Waals surface area contributed by atoms with Crippen LogP contribution in [0.15, 0.2) is 97.3 Å². The standard InChI is InChI=1S/C29H25N3O7/c1-2-32-18-30-25(31-32)23-22(36-26(33)19-12-6-3-7-13-19)24(37-27(34)20-14-8-4-9-15-20)29(38-23)39-28(35)21-16-10-5-11-17-21/h3-18,22-24,29H,2H2,1H3/t22-,23+,24+,29+/m1/s1. The molecule has 0 bridgehead atoms. The molecule has 4 aromatic rings. The normalized spacial score (nSPS) is 20.2. The molecule has 10 nitrogen and oxygen atoms in total. The molecule has 1 aliphatic rings. The number of benzene rings is 3. The Balaban J connectivity index is 1.50. The number of nitrogens with zero attached hydrogens (tertiary/aromatic N) is 3. The van der Waals surface area contributed by atoms with Crippen molar-refractivity contribution < 1.29 is 33.3 Å². The highest BCUT2D eigenvalue weighted by Crippen LogP contribution is 2.38. The van der Waals surface area contributed by atoms with Crippen molar-refractivity contribution in [3.05, 3.63) is 120 Å². The number of ether oxygens (including phenoxy) is 4. The topological polar surface area (TPSA) is 119 Å². The molecule has 3 aromatic carbocycles. The van der Waals surface area contributed by atoms with Crippen LogP contribution < -0.4 is 0 Å². The maximum atomic E-state index is 13.1. The minimum absolute atomic E-state index is 0.182. The molecule has 39 heavy (non-hydrogen) atoms. The predicted octanol–water partition coefficient (Wildman–Crippen LogP) is 4.00. The van der Waals surface area contributed by atoms with Crippen LogP contribution in [0.1, 0.15) is 49.9 Å². The number of hydrogen-bond acceptors (Lipinski definition) is 9. The molecule has 0 radical (unpaired) electrons. The average molecular weight is 528 g/mol. The van der Waals surface area contributed by atoms with Crippen molar-refractivity contribution in [2.24, 2.45) is 0 Å². The van der Waals surface area contributed by atoms with E-state index in [1.807, 2.05) is 6.92 Å². The number of esters is 3. The van der Waals surface area contributed by atoms with Gasteiger partial charge in [0.15, 0.2) is 18.0 Å². The van der Waals surface area contributed by atoms with Gasteiger partial charge < -0.3 is 18.9 Å². The third-order valence-corrected chi connectivity index (χ3v) is 6.04. The van der Waals surface area contributed by atoms with Gasteiger partial charge in [-0.05, 0) is 43.3 Å². The van der Waals surface area contributed by atoms with E-state index < -0.39 is 42.5 Å². The summed E-state index contributed by atoms with van der Waals surface area (Å²) in [6.07, 6.45) is -3.56. The van der Waals surface area contributed by atoms with Crippen molar-refractivity contribution in [2.75, 3.05) is 0 Å². The summed E-state index contributed by atoms with van der Waals surface area (Å²) in [5.41, 5.74) is 0.806. The fourth-order valence-electron chi connectivity index (χ4n) is 4.05. The molecule has 2 heterocycles. The molecule has 1 aliphatic heterocycles. The molecule has 0 amide bonds. The third kappa shape index (κ3) is 5.86. The van der Waals surface area contributed by atoms with Crippen LogP contribution in [0.2, 0.25) is 0 Å². The lowest BCUT2D eigenvalue weighted by molar-refractivity contribution is -0.138. The van der Waals surface area contributed by atoms with Gasteiger partial charge in [0, 0.05) is 6.54 Å². The van der Waals surface area contributed by atoms with Crippen LogP contribution in [0.5, 0.6) is 0 Å². The maximum absolute atomic E-state index is 13.1. The van der Waals surface area contributed by atoms with Crippen LogP contribution in [0, 0.1) is 0 Å². The van der Waals surface area contributed by atoms with Crippen LogP contribution in [-0.4, -0.2) is 51.2 Å². The minimum Gasteiger partial charge on any atom is -0.451 e. The Hall–Kier alpha value is -4.83. The van der Waals surface area contributed by atoms with Crippen molar-refractivity contribution in [2.45, 2.75) is 38.1 Å². The number of hydrogen-bond donors (Lipinski definition) is 0. The molecule has 1 aromatic heterocycles. The second-order valence-electron chi connectivity index (χ2n) is 8.63. The number of rotatable bonds is 8. The van der Waals surface area contributed by atoms with E-state index in [2.05, 4.69) is 10.1 Å². The summed E-state index contributed by atoms with van der Waals surface area (Å²) < 4.78 is 24.9. The zero-order chi connectivity index (χ0) is 27.2. The summed E-state index contributed by atoms with van der Waals surface area (Å²) in [6.45, 7) is 2.42. The van der Waals surface area contributed by atoms with Gasteiger partial charge in [0.1, 0.15) is 6.33 Å². The lowest BCUT2D eigenvalue weighted by atomic mass is 10.1.